The van der Waals surface area contributed by atoms with Crippen LogP contribution in [0, 0.1) is 0 Å². The number of aromatic hydroxyl groups is 2. The number of hydrogen-bond donors (Lipinski definition) is 3. The van der Waals surface area contributed by atoms with E-state index < -0.39 is 5.66 Å². The van der Waals surface area contributed by atoms with Crippen molar-refractivity contribution in [2.75, 3.05) is 13.1 Å². The zero-order valence-electron chi connectivity index (χ0n) is 15.9. The van der Waals surface area contributed by atoms with Crippen molar-refractivity contribution in [3.63, 3.8) is 0 Å². The summed E-state index contributed by atoms with van der Waals surface area (Å²) < 4.78 is 0. The van der Waals surface area contributed by atoms with Gasteiger partial charge in [-0.25, -0.2) is 0 Å². The molecule has 0 aromatic heterocycles. The van der Waals surface area contributed by atoms with Crippen LogP contribution in [0.1, 0.15) is 43.4 Å². The molecule has 1 atom stereocenters. The summed E-state index contributed by atoms with van der Waals surface area (Å²) in [5, 5.41) is 24.0. The van der Waals surface area contributed by atoms with Crippen molar-refractivity contribution in [3.05, 3.63) is 59.7 Å². The molecule has 1 unspecified atom stereocenters. The summed E-state index contributed by atoms with van der Waals surface area (Å²) in [7, 11) is 0. The van der Waals surface area contributed by atoms with Gasteiger partial charge in [-0.05, 0) is 23.8 Å². The smallest absolute Gasteiger partial charge is 0.219 e. The van der Waals surface area contributed by atoms with E-state index in [1.807, 2.05) is 35.2 Å². The Hall–Kier alpha value is -2.86. The fourth-order valence-electron chi connectivity index (χ4n) is 4.19. The minimum Gasteiger partial charge on any atom is -0.508 e. The van der Waals surface area contributed by atoms with Gasteiger partial charge in [0, 0.05) is 56.6 Å². The van der Waals surface area contributed by atoms with Crippen LogP contribution in [0.5, 0.6) is 11.5 Å². The zero-order chi connectivity index (χ0) is 19.7. The molecule has 2 aliphatic rings. The van der Waals surface area contributed by atoms with Crippen molar-refractivity contribution < 1.29 is 15.0 Å². The fraction of sp³-hybridized carbons (Fsp3) is 0.364. The van der Waals surface area contributed by atoms with E-state index in [2.05, 4.69) is 5.32 Å². The highest BCUT2D eigenvalue weighted by molar-refractivity contribution is 6.02. The molecule has 146 valence electrons. The predicted octanol–water partition coefficient (Wildman–Crippen LogP) is 2.96. The summed E-state index contributed by atoms with van der Waals surface area (Å²) in [6.45, 7) is 2.89. The van der Waals surface area contributed by atoms with Gasteiger partial charge < -0.3 is 15.1 Å². The summed E-state index contributed by atoms with van der Waals surface area (Å²) >= 11 is 0. The van der Waals surface area contributed by atoms with Crippen LogP contribution in [-0.2, 0) is 4.79 Å². The number of hydrogen-bond acceptors (Lipinski definition) is 5. The predicted molar refractivity (Wildman–Crippen MR) is 107 cm³/mol. The van der Waals surface area contributed by atoms with E-state index in [0.717, 1.165) is 16.8 Å². The van der Waals surface area contributed by atoms with Gasteiger partial charge in [0.15, 0.2) is 0 Å². The standard InChI is InChI=1S/C22H25N3O3/c1-15(26)25-11-9-22(10-12-25)23-19(16-5-4-6-17(27)13-16)14-20(24-22)18-7-2-3-8-21(18)28/h2-8,13,20,24,27-28H,9-12,14H2,1H3. The number of amides is 1. The normalized spacial score (nSPS) is 21.4. The number of carbonyl (C=O) groups is 1. The number of nitrogens with zero attached hydrogens (tertiary/aromatic N) is 2. The van der Waals surface area contributed by atoms with Crippen LogP contribution < -0.4 is 5.32 Å². The molecular weight excluding hydrogens is 354 g/mol. The number of phenols is 2. The third kappa shape index (κ3) is 3.60. The Bertz CT molecular complexity index is 917. The SMILES string of the molecule is CC(=O)N1CCC2(CC1)N=C(c1cccc(O)c1)CC(c1ccccc1O)N2. The quantitative estimate of drug-likeness (QED) is 0.749. The second-order valence-electron chi connectivity index (χ2n) is 7.61. The maximum Gasteiger partial charge on any atom is 0.219 e. The summed E-state index contributed by atoms with van der Waals surface area (Å²) in [5.74, 6) is 0.548. The lowest BCUT2D eigenvalue weighted by atomic mass is 9.87. The van der Waals surface area contributed by atoms with Gasteiger partial charge in [0.1, 0.15) is 17.2 Å². The lowest BCUT2D eigenvalue weighted by Gasteiger charge is -2.45. The highest BCUT2D eigenvalue weighted by atomic mass is 16.3. The second kappa shape index (κ2) is 7.28. The van der Waals surface area contributed by atoms with Gasteiger partial charge >= 0.3 is 0 Å². The van der Waals surface area contributed by atoms with E-state index >= 15 is 0 Å². The van der Waals surface area contributed by atoms with Crippen molar-refractivity contribution in [1.82, 2.24) is 10.2 Å². The fourth-order valence-corrected chi connectivity index (χ4v) is 4.19. The topological polar surface area (TPSA) is 85.2 Å². The van der Waals surface area contributed by atoms with Crippen LogP contribution in [0.2, 0.25) is 0 Å². The Labute approximate surface area is 164 Å². The number of nitrogens with one attached hydrogen (secondary N) is 1. The van der Waals surface area contributed by atoms with Crippen molar-refractivity contribution in [2.45, 2.75) is 37.9 Å². The molecule has 0 radical (unpaired) electrons. The number of phenolic OH excluding ortho intramolecular Hbond substituents is 2. The number of para-hydroxylation sites is 1. The average Bonchev–Trinajstić information content (AvgIpc) is 2.68. The molecule has 1 amide bonds. The molecule has 6 heteroatoms. The molecule has 1 saturated heterocycles. The first-order chi connectivity index (χ1) is 13.5. The number of carbonyl (C=O) groups excluding carboxylic acids is 1. The molecule has 6 nitrogen and oxygen atoms in total. The van der Waals surface area contributed by atoms with E-state index in [0.29, 0.717) is 32.4 Å². The van der Waals surface area contributed by atoms with Crippen LogP contribution in [0.15, 0.2) is 53.5 Å². The summed E-state index contributed by atoms with van der Waals surface area (Å²) in [4.78, 5) is 18.6. The minimum atomic E-state index is -0.488. The van der Waals surface area contributed by atoms with Gasteiger partial charge in [-0.3, -0.25) is 15.1 Å². The molecule has 0 aliphatic carbocycles. The molecular formula is C22H25N3O3. The molecule has 2 aromatic carbocycles. The third-order valence-electron chi connectivity index (χ3n) is 5.72. The second-order valence-corrected chi connectivity index (χ2v) is 7.61. The Morgan fingerprint density at radius 3 is 2.57 bits per heavy atom. The van der Waals surface area contributed by atoms with Crippen LogP contribution in [-0.4, -0.2) is 45.5 Å². The van der Waals surface area contributed by atoms with Crippen LogP contribution in [0.3, 0.4) is 0 Å². The molecule has 2 aromatic rings. The number of likely N-dealkylation sites (tertiary alicyclic amines) is 1. The lowest BCUT2D eigenvalue weighted by molar-refractivity contribution is -0.130. The zero-order valence-corrected chi connectivity index (χ0v) is 15.9. The van der Waals surface area contributed by atoms with E-state index in [1.165, 1.54) is 0 Å². The Morgan fingerprint density at radius 2 is 1.89 bits per heavy atom. The number of benzene rings is 2. The van der Waals surface area contributed by atoms with E-state index in [1.54, 1.807) is 25.1 Å². The molecule has 0 bridgehead atoms. The van der Waals surface area contributed by atoms with Crippen molar-refractivity contribution >= 4 is 11.6 Å². The molecule has 0 saturated carbocycles. The number of rotatable bonds is 2. The van der Waals surface area contributed by atoms with Crippen LogP contribution in [0.25, 0.3) is 0 Å². The summed E-state index contributed by atoms with van der Waals surface area (Å²) in [6.07, 6.45) is 2.02. The Balaban J connectivity index is 1.71. The van der Waals surface area contributed by atoms with Gasteiger partial charge in [0.05, 0.1) is 0 Å². The van der Waals surface area contributed by atoms with Gasteiger partial charge in [-0.2, -0.15) is 0 Å². The van der Waals surface area contributed by atoms with Gasteiger partial charge in [0.25, 0.3) is 0 Å². The first-order valence-corrected chi connectivity index (χ1v) is 9.65. The van der Waals surface area contributed by atoms with Crippen molar-refractivity contribution in [2.24, 2.45) is 4.99 Å². The molecule has 28 heavy (non-hydrogen) atoms. The number of piperidine rings is 1. The van der Waals surface area contributed by atoms with Crippen molar-refractivity contribution in [1.29, 1.82) is 0 Å². The molecule has 3 N–H and O–H groups in total. The first-order valence-electron chi connectivity index (χ1n) is 9.65. The largest absolute Gasteiger partial charge is 0.508 e. The Kier molecular flexibility index (Phi) is 4.81. The monoisotopic (exact) mass is 379 g/mol. The summed E-state index contributed by atoms with van der Waals surface area (Å²) in [5.41, 5.74) is 2.13. The van der Waals surface area contributed by atoms with E-state index in [-0.39, 0.29) is 23.4 Å². The molecule has 1 spiro atoms. The van der Waals surface area contributed by atoms with Crippen LogP contribution in [0.4, 0.5) is 0 Å². The molecule has 4 rings (SSSR count). The van der Waals surface area contributed by atoms with Gasteiger partial charge in [-0.1, -0.05) is 30.3 Å². The van der Waals surface area contributed by atoms with E-state index in [9.17, 15) is 15.0 Å². The maximum atomic E-state index is 11.7. The highest BCUT2D eigenvalue weighted by Gasteiger charge is 2.41. The maximum absolute atomic E-state index is 11.7. The van der Waals surface area contributed by atoms with Gasteiger partial charge in [0.2, 0.25) is 5.91 Å². The minimum absolute atomic E-state index is 0.0834. The third-order valence-corrected chi connectivity index (χ3v) is 5.72. The van der Waals surface area contributed by atoms with E-state index in [4.69, 9.17) is 4.99 Å². The number of aliphatic imine (C=N–C) groups is 1. The summed E-state index contributed by atoms with van der Waals surface area (Å²) in [6, 6.07) is 14.4. The Morgan fingerprint density at radius 1 is 1.14 bits per heavy atom. The lowest BCUT2D eigenvalue weighted by Crippen LogP contribution is -2.56. The van der Waals surface area contributed by atoms with Crippen LogP contribution >= 0.6 is 0 Å². The van der Waals surface area contributed by atoms with Gasteiger partial charge in [-0.15, -0.1) is 0 Å². The molecule has 1 fully saturated rings. The first kappa shape index (κ1) is 18.5. The van der Waals surface area contributed by atoms with Crippen molar-refractivity contribution in [3.8, 4) is 11.5 Å². The molecule has 2 heterocycles. The molecule has 2 aliphatic heterocycles. The average molecular weight is 379 g/mol. The highest BCUT2D eigenvalue weighted by Crippen LogP contribution is 2.37.